The lowest BCUT2D eigenvalue weighted by atomic mass is 10.1. The van der Waals surface area contributed by atoms with Gasteiger partial charge in [-0.05, 0) is 13.0 Å². The average molecular weight is 209 g/mol. The summed E-state index contributed by atoms with van der Waals surface area (Å²) >= 11 is 5.94. The zero-order valence-electron chi connectivity index (χ0n) is 7.93. The molecule has 0 atom stereocenters. The molecule has 2 nitrogen and oxygen atoms in total. The molecule has 0 radical (unpaired) electrons. The van der Waals surface area contributed by atoms with Crippen molar-refractivity contribution >= 4 is 28.4 Å². The van der Waals surface area contributed by atoms with Gasteiger partial charge in [-0.25, -0.2) is 0 Å². The van der Waals surface area contributed by atoms with E-state index in [0.717, 1.165) is 10.9 Å². The SMILES string of the molecule is CC(=O)c1oc2c(Cl)cccc2c1C. The first-order valence-corrected chi connectivity index (χ1v) is 4.67. The van der Waals surface area contributed by atoms with E-state index in [1.807, 2.05) is 19.1 Å². The second-order valence-corrected chi connectivity index (χ2v) is 3.64. The molecular formula is C11H9ClO2. The fourth-order valence-corrected chi connectivity index (χ4v) is 1.76. The van der Waals surface area contributed by atoms with E-state index in [2.05, 4.69) is 0 Å². The average Bonchev–Trinajstić information content (AvgIpc) is 2.46. The normalized spacial score (nSPS) is 10.8. The largest absolute Gasteiger partial charge is 0.451 e. The van der Waals surface area contributed by atoms with Crippen molar-refractivity contribution < 1.29 is 9.21 Å². The maximum absolute atomic E-state index is 11.2. The molecular weight excluding hydrogens is 200 g/mol. The van der Waals surface area contributed by atoms with Crippen molar-refractivity contribution in [1.29, 1.82) is 0 Å². The number of rotatable bonds is 1. The standard InChI is InChI=1S/C11H9ClO2/c1-6-8-4-3-5-9(12)11(8)14-10(6)7(2)13/h3-5H,1-2H3. The zero-order valence-corrected chi connectivity index (χ0v) is 8.68. The fourth-order valence-electron chi connectivity index (χ4n) is 1.54. The van der Waals surface area contributed by atoms with Crippen LogP contribution in [0.1, 0.15) is 23.0 Å². The molecule has 0 saturated carbocycles. The number of furan rings is 1. The molecule has 1 aromatic carbocycles. The number of Topliss-reactive ketones (excluding diaryl/α,β-unsaturated/α-hetero) is 1. The molecule has 2 aromatic rings. The van der Waals surface area contributed by atoms with Crippen LogP contribution < -0.4 is 0 Å². The number of carbonyl (C=O) groups excluding carboxylic acids is 1. The van der Waals surface area contributed by atoms with E-state index in [1.165, 1.54) is 6.92 Å². The lowest BCUT2D eigenvalue weighted by Gasteiger charge is -1.90. The molecule has 3 heteroatoms. The summed E-state index contributed by atoms with van der Waals surface area (Å²) in [5.74, 6) is 0.322. The van der Waals surface area contributed by atoms with Crippen molar-refractivity contribution in [3.63, 3.8) is 0 Å². The first-order valence-electron chi connectivity index (χ1n) is 4.30. The van der Waals surface area contributed by atoms with Crippen molar-refractivity contribution in [3.8, 4) is 0 Å². The molecule has 0 amide bonds. The number of benzene rings is 1. The molecule has 0 aliphatic rings. The van der Waals surface area contributed by atoms with E-state index in [-0.39, 0.29) is 5.78 Å². The van der Waals surface area contributed by atoms with Gasteiger partial charge >= 0.3 is 0 Å². The van der Waals surface area contributed by atoms with Crippen LogP contribution in [0.4, 0.5) is 0 Å². The Morgan fingerprint density at radius 3 is 2.71 bits per heavy atom. The van der Waals surface area contributed by atoms with Crippen molar-refractivity contribution in [2.24, 2.45) is 0 Å². The van der Waals surface area contributed by atoms with Gasteiger partial charge in [0.1, 0.15) is 0 Å². The minimum Gasteiger partial charge on any atom is -0.451 e. The maximum Gasteiger partial charge on any atom is 0.195 e. The van der Waals surface area contributed by atoms with Crippen LogP contribution in [-0.4, -0.2) is 5.78 Å². The van der Waals surface area contributed by atoms with E-state index in [1.54, 1.807) is 6.07 Å². The van der Waals surface area contributed by atoms with Gasteiger partial charge < -0.3 is 4.42 Å². The van der Waals surface area contributed by atoms with E-state index < -0.39 is 0 Å². The highest BCUT2D eigenvalue weighted by Gasteiger charge is 2.15. The van der Waals surface area contributed by atoms with Gasteiger partial charge in [-0.3, -0.25) is 4.79 Å². The summed E-state index contributed by atoms with van der Waals surface area (Å²) in [6.45, 7) is 3.34. The summed E-state index contributed by atoms with van der Waals surface area (Å²) < 4.78 is 5.41. The van der Waals surface area contributed by atoms with Crippen LogP contribution in [0.2, 0.25) is 5.02 Å². The van der Waals surface area contributed by atoms with Crippen LogP contribution in [-0.2, 0) is 0 Å². The number of halogens is 1. The molecule has 0 spiro atoms. The van der Waals surface area contributed by atoms with Crippen LogP contribution in [0, 0.1) is 6.92 Å². The minimum absolute atomic E-state index is 0.0743. The number of hydrogen-bond acceptors (Lipinski definition) is 2. The first kappa shape index (κ1) is 9.28. The molecule has 72 valence electrons. The Labute approximate surface area is 86.5 Å². The molecule has 0 saturated heterocycles. The Morgan fingerprint density at radius 1 is 1.43 bits per heavy atom. The van der Waals surface area contributed by atoms with Gasteiger partial charge in [0, 0.05) is 17.9 Å². The van der Waals surface area contributed by atoms with Crippen LogP contribution in [0.3, 0.4) is 0 Å². The molecule has 0 bridgehead atoms. The third kappa shape index (κ3) is 1.23. The summed E-state index contributed by atoms with van der Waals surface area (Å²) in [5.41, 5.74) is 1.45. The van der Waals surface area contributed by atoms with Crippen molar-refractivity contribution in [2.75, 3.05) is 0 Å². The van der Waals surface area contributed by atoms with E-state index in [4.69, 9.17) is 16.0 Å². The number of para-hydroxylation sites is 1. The number of aryl methyl sites for hydroxylation is 1. The Kier molecular flexibility index (Phi) is 2.08. The van der Waals surface area contributed by atoms with Crippen LogP contribution >= 0.6 is 11.6 Å². The van der Waals surface area contributed by atoms with Crippen molar-refractivity contribution in [2.45, 2.75) is 13.8 Å². The predicted molar refractivity (Wildman–Crippen MR) is 56.0 cm³/mol. The predicted octanol–water partition coefficient (Wildman–Crippen LogP) is 3.60. The summed E-state index contributed by atoms with van der Waals surface area (Å²) in [4.78, 5) is 11.2. The number of hydrogen-bond donors (Lipinski definition) is 0. The molecule has 1 aromatic heterocycles. The third-order valence-electron chi connectivity index (χ3n) is 2.24. The highest BCUT2D eigenvalue weighted by atomic mass is 35.5. The number of ketones is 1. The summed E-state index contributed by atoms with van der Waals surface area (Å²) in [5, 5.41) is 1.45. The molecule has 2 rings (SSSR count). The van der Waals surface area contributed by atoms with E-state index >= 15 is 0 Å². The van der Waals surface area contributed by atoms with Gasteiger partial charge in [-0.2, -0.15) is 0 Å². The van der Waals surface area contributed by atoms with Gasteiger partial charge in [-0.1, -0.05) is 23.7 Å². The first-order chi connectivity index (χ1) is 6.61. The molecule has 0 fully saturated rings. The Balaban J connectivity index is 2.86. The molecule has 0 unspecified atom stereocenters. The van der Waals surface area contributed by atoms with Crippen molar-refractivity contribution in [3.05, 3.63) is 34.5 Å². The van der Waals surface area contributed by atoms with Gasteiger partial charge in [0.25, 0.3) is 0 Å². The highest BCUT2D eigenvalue weighted by molar-refractivity contribution is 6.35. The second-order valence-electron chi connectivity index (χ2n) is 3.23. The number of fused-ring (bicyclic) bond motifs is 1. The van der Waals surface area contributed by atoms with Gasteiger partial charge in [0.15, 0.2) is 17.1 Å². The van der Waals surface area contributed by atoms with Crippen LogP contribution in [0.15, 0.2) is 22.6 Å². The summed E-state index contributed by atoms with van der Waals surface area (Å²) in [7, 11) is 0. The quantitative estimate of drug-likeness (QED) is 0.671. The maximum atomic E-state index is 11.2. The monoisotopic (exact) mass is 208 g/mol. The zero-order chi connectivity index (χ0) is 10.3. The fraction of sp³-hybridized carbons (Fsp3) is 0.182. The molecule has 0 aliphatic carbocycles. The highest BCUT2D eigenvalue weighted by Crippen LogP contribution is 2.30. The van der Waals surface area contributed by atoms with E-state index in [9.17, 15) is 4.79 Å². The van der Waals surface area contributed by atoms with Gasteiger partial charge in [0.2, 0.25) is 0 Å². The molecule has 14 heavy (non-hydrogen) atoms. The molecule has 0 N–H and O–H groups in total. The van der Waals surface area contributed by atoms with Crippen LogP contribution in [0.25, 0.3) is 11.0 Å². The molecule has 0 aliphatic heterocycles. The Morgan fingerprint density at radius 2 is 2.14 bits per heavy atom. The van der Waals surface area contributed by atoms with Crippen molar-refractivity contribution in [1.82, 2.24) is 0 Å². The van der Waals surface area contributed by atoms with Gasteiger partial charge in [0.05, 0.1) is 5.02 Å². The summed E-state index contributed by atoms with van der Waals surface area (Å²) in [6, 6.07) is 5.49. The van der Waals surface area contributed by atoms with Crippen LogP contribution in [0.5, 0.6) is 0 Å². The smallest absolute Gasteiger partial charge is 0.195 e. The van der Waals surface area contributed by atoms with E-state index in [0.29, 0.717) is 16.4 Å². The topological polar surface area (TPSA) is 30.2 Å². The third-order valence-corrected chi connectivity index (χ3v) is 2.53. The molecule has 1 heterocycles. The minimum atomic E-state index is -0.0743. The second kappa shape index (κ2) is 3.14. The lowest BCUT2D eigenvalue weighted by Crippen LogP contribution is -1.90. The lowest BCUT2D eigenvalue weighted by molar-refractivity contribution is 0.0988. The number of carbonyl (C=O) groups is 1. The Hall–Kier alpha value is -1.28. The van der Waals surface area contributed by atoms with Gasteiger partial charge in [-0.15, -0.1) is 0 Å². The Bertz CT molecular complexity index is 511. The summed E-state index contributed by atoms with van der Waals surface area (Å²) in [6.07, 6.45) is 0.